The van der Waals surface area contributed by atoms with Crippen LogP contribution in [0.3, 0.4) is 0 Å². The van der Waals surface area contributed by atoms with E-state index in [2.05, 4.69) is 0 Å². The number of halogens is 4. The van der Waals surface area contributed by atoms with Crippen LogP contribution in [-0.4, -0.2) is 30.6 Å². The molecule has 0 radical (unpaired) electrons. The number of fused-ring (bicyclic) bond motifs is 1. The summed E-state index contributed by atoms with van der Waals surface area (Å²) >= 11 is 0. The van der Waals surface area contributed by atoms with Gasteiger partial charge in [-0.05, 0) is 37.1 Å². The van der Waals surface area contributed by atoms with E-state index in [1.165, 1.54) is 4.90 Å². The molecule has 1 atom stereocenters. The molecule has 8 heteroatoms. The van der Waals surface area contributed by atoms with Gasteiger partial charge in [0.25, 0.3) is 5.91 Å². The molecule has 2 aromatic carbocycles. The number of ether oxygens (including phenoxy) is 2. The lowest BCUT2D eigenvalue weighted by atomic mass is 10.0. The second-order valence-electron chi connectivity index (χ2n) is 6.72. The van der Waals surface area contributed by atoms with Crippen molar-refractivity contribution in [1.29, 1.82) is 0 Å². The van der Waals surface area contributed by atoms with Gasteiger partial charge in [0, 0.05) is 17.7 Å². The Hall–Kier alpha value is -2.77. The molecule has 0 N–H and O–H groups in total. The van der Waals surface area contributed by atoms with E-state index in [1.54, 1.807) is 12.1 Å². The van der Waals surface area contributed by atoms with Crippen LogP contribution in [0.4, 0.5) is 17.6 Å². The van der Waals surface area contributed by atoms with Gasteiger partial charge in [-0.1, -0.05) is 12.1 Å². The number of alkyl halides is 3. The molecule has 1 fully saturated rings. The van der Waals surface area contributed by atoms with E-state index in [0.29, 0.717) is 56.2 Å². The number of amides is 1. The summed E-state index contributed by atoms with van der Waals surface area (Å²) in [7, 11) is 0. The van der Waals surface area contributed by atoms with Crippen molar-refractivity contribution in [2.24, 2.45) is 0 Å². The maximum atomic E-state index is 13.6. The molecule has 0 aliphatic carbocycles. The van der Waals surface area contributed by atoms with E-state index in [4.69, 9.17) is 9.47 Å². The number of benzene rings is 2. The van der Waals surface area contributed by atoms with E-state index >= 15 is 0 Å². The van der Waals surface area contributed by atoms with Crippen LogP contribution in [0.25, 0.3) is 0 Å². The first-order chi connectivity index (χ1) is 13.4. The summed E-state index contributed by atoms with van der Waals surface area (Å²) in [5.41, 5.74) is -0.869. The third-order valence-corrected chi connectivity index (χ3v) is 4.99. The Morgan fingerprint density at radius 2 is 1.89 bits per heavy atom. The summed E-state index contributed by atoms with van der Waals surface area (Å²) in [6.07, 6.45) is -3.51. The van der Waals surface area contributed by atoms with Gasteiger partial charge >= 0.3 is 6.18 Å². The van der Waals surface area contributed by atoms with E-state index in [9.17, 15) is 22.4 Å². The zero-order valence-electron chi connectivity index (χ0n) is 14.8. The van der Waals surface area contributed by atoms with Gasteiger partial charge < -0.3 is 14.4 Å². The summed E-state index contributed by atoms with van der Waals surface area (Å²) < 4.78 is 63.9. The average Bonchev–Trinajstić information content (AvgIpc) is 3.16. The molecule has 148 valence electrons. The first-order valence-electron chi connectivity index (χ1n) is 8.92. The minimum absolute atomic E-state index is 0.192. The molecule has 0 bridgehead atoms. The Bertz CT molecular complexity index is 913. The third kappa shape index (κ3) is 3.27. The van der Waals surface area contributed by atoms with Crippen molar-refractivity contribution in [3.05, 3.63) is 58.9 Å². The van der Waals surface area contributed by atoms with E-state index in [1.807, 2.05) is 6.07 Å². The normalized spacial score (nSPS) is 19.0. The molecule has 2 aromatic rings. The van der Waals surface area contributed by atoms with Gasteiger partial charge in [0.15, 0.2) is 11.5 Å². The predicted molar refractivity (Wildman–Crippen MR) is 91.8 cm³/mol. The standard InChI is InChI=1S/C20H17F4NO3/c21-15-7-6-12(11-14(15)20(22,23)24)19(26)25-8-2-4-16(25)13-3-1-5-17-18(13)28-10-9-27-17/h1,3,5-7,11,16H,2,4,8-10H2. The fourth-order valence-corrected chi connectivity index (χ4v) is 3.73. The molecule has 4 rings (SSSR count). The van der Waals surface area contributed by atoms with Crippen LogP contribution in [-0.2, 0) is 6.18 Å². The Kier molecular flexibility index (Phi) is 4.64. The first kappa shape index (κ1) is 18.6. The van der Waals surface area contributed by atoms with Gasteiger partial charge in [-0.3, -0.25) is 4.79 Å². The summed E-state index contributed by atoms with van der Waals surface area (Å²) in [5, 5.41) is 0. The van der Waals surface area contributed by atoms with Crippen molar-refractivity contribution in [2.45, 2.75) is 25.1 Å². The molecule has 0 saturated carbocycles. The number of carbonyl (C=O) groups is 1. The van der Waals surface area contributed by atoms with Gasteiger partial charge in [0.05, 0.1) is 11.6 Å². The average molecular weight is 395 g/mol. The SMILES string of the molecule is O=C(c1ccc(F)c(C(F)(F)F)c1)N1CCCC1c1cccc2c1OCCO2. The quantitative estimate of drug-likeness (QED) is 0.698. The lowest BCUT2D eigenvalue weighted by molar-refractivity contribution is -0.140. The van der Waals surface area contributed by atoms with Crippen molar-refractivity contribution < 1.29 is 31.8 Å². The molecule has 1 unspecified atom stereocenters. The number of para-hydroxylation sites is 1. The maximum absolute atomic E-state index is 13.6. The Morgan fingerprint density at radius 1 is 1.11 bits per heavy atom. The van der Waals surface area contributed by atoms with Crippen molar-refractivity contribution in [3.63, 3.8) is 0 Å². The Labute approximate surface area is 158 Å². The Balaban J connectivity index is 1.67. The zero-order valence-corrected chi connectivity index (χ0v) is 14.8. The van der Waals surface area contributed by atoms with Crippen LogP contribution in [0.5, 0.6) is 11.5 Å². The highest BCUT2D eigenvalue weighted by atomic mass is 19.4. The van der Waals surface area contributed by atoms with Gasteiger partial charge in [-0.25, -0.2) is 4.39 Å². The van der Waals surface area contributed by atoms with Crippen LogP contribution >= 0.6 is 0 Å². The molecule has 2 heterocycles. The minimum atomic E-state index is -4.87. The number of likely N-dealkylation sites (tertiary alicyclic amines) is 1. The van der Waals surface area contributed by atoms with Crippen LogP contribution in [0.2, 0.25) is 0 Å². The molecule has 2 aliphatic heterocycles. The van der Waals surface area contributed by atoms with Gasteiger partial charge in [0.2, 0.25) is 0 Å². The van der Waals surface area contributed by atoms with E-state index < -0.39 is 23.5 Å². The van der Waals surface area contributed by atoms with Crippen molar-refractivity contribution in [2.75, 3.05) is 19.8 Å². The van der Waals surface area contributed by atoms with Gasteiger partial charge in [0.1, 0.15) is 19.0 Å². The number of hydrogen-bond acceptors (Lipinski definition) is 3. The minimum Gasteiger partial charge on any atom is -0.486 e. The number of nitrogens with zero attached hydrogens (tertiary/aromatic N) is 1. The molecule has 1 saturated heterocycles. The molecule has 0 spiro atoms. The van der Waals surface area contributed by atoms with Crippen LogP contribution in [0, 0.1) is 5.82 Å². The maximum Gasteiger partial charge on any atom is 0.419 e. The largest absolute Gasteiger partial charge is 0.486 e. The van der Waals surface area contributed by atoms with Crippen molar-refractivity contribution >= 4 is 5.91 Å². The summed E-state index contributed by atoms with van der Waals surface area (Å²) in [5.74, 6) is -0.815. The molecule has 0 aromatic heterocycles. The zero-order chi connectivity index (χ0) is 19.9. The number of rotatable bonds is 2. The van der Waals surface area contributed by atoms with E-state index in [0.717, 1.165) is 11.6 Å². The number of carbonyl (C=O) groups excluding carboxylic acids is 1. The smallest absolute Gasteiger partial charge is 0.419 e. The molecule has 4 nitrogen and oxygen atoms in total. The monoisotopic (exact) mass is 395 g/mol. The highest BCUT2D eigenvalue weighted by Crippen LogP contribution is 2.43. The van der Waals surface area contributed by atoms with E-state index in [-0.39, 0.29) is 11.6 Å². The lowest BCUT2D eigenvalue weighted by Gasteiger charge is -2.29. The molecular weight excluding hydrogens is 378 g/mol. The second kappa shape index (κ2) is 7.00. The highest BCUT2D eigenvalue weighted by molar-refractivity contribution is 5.95. The Morgan fingerprint density at radius 3 is 2.68 bits per heavy atom. The summed E-state index contributed by atoms with van der Waals surface area (Å²) in [6, 6.07) is 7.40. The van der Waals surface area contributed by atoms with Gasteiger partial charge in [-0.2, -0.15) is 13.2 Å². The van der Waals surface area contributed by atoms with Crippen LogP contribution < -0.4 is 9.47 Å². The summed E-state index contributed by atoms with van der Waals surface area (Å²) in [4.78, 5) is 14.5. The third-order valence-electron chi connectivity index (χ3n) is 4.99. The van der Waals surface area contributed by atoms with Crippen molar-refractivity contribution in [3.8, 4) is 11.5 Å². The lowest BCUT2D eigenvalue weighted by Crippen LogP contribution is -2.31. The van der Waals surface area contributed by atoms with Crippen LogP contribution in [0.15, 0.2) is 36.4 Å². The van der Waals surface area contributed by atoms with Gasteiger partial charge in [-0.15, -0.1) is 0 Å². The first-order valence-corrected chi connectivity index (χ1v) is 8.92. The fraction of sp³-hybridized carbons (Fsp3) is 0.350. The molecule has 2 aliphatic rings. The van der Waals surface area contributed by atoms with Crippen molar-refractivity contribution in [1.82, 2.24) is 4.90 Å². The molecular formula is C20H17F4NO3. The predicted octanol–water partition coefficient (Wildman–Crippen LogP) is 4.59. The molecule has 1 amide bonds. The topological polar surface area (TPSA) is 38.8 Å². The molecule has 28 heavy (non-hydrogen) atoms. The summed E-state index contributed by atoms with van der Waals surface area (Å²) in [6.45, 7) is 1.21. The fourth-order valence-electron chi connectivity index (χ4n) is 3.73. The second-order valence-corrected chi connectivity index (χ2v) is 6.72. The van der Waals surface area contributed by atoms with Crippen LogP contribution in [0.1, 0.15) is 40.4 Å². The number of hydrogen-bond donors (Lipinski definition) is 0. The highest BCUT2D eigenvalue weighted by Gasteiger charge is 2.37.